The number of nitrogens with zero attached hydrogens (tertiary/aromatic N) is 3. The molecule has 0 saturated heterocycles. The molecule has 0 amide bonds. The minimum atomic E-state index is -0.0920. The molecule has 4 aromatic rings. The van der Waals surface area contributed by atoms with E-state index in [4.69, 9.17) is 0 Å². The summed E-state index contributed by atoms with van der Waals surface area (Å²) in [5.41, 5.74) is 2.74. The fourth-order valence-electron chi connectivity index (χ4n) is 2.87. The summed E-state index contributed by atoms with van der Waals surface area (Å²) in [5.74, 6) is 0.609. The van der Waals surface area contributed by atoms with E-state index in [9.17, 15) is 4.79 Å². The van der Waals surface area contributed by atoms with E-state index in [1.165, 1.54) is 0 Å². The van der Waals surface area contributed by atoms with Crippen molar-refractivity contribution in [1.82, 2.24) is 14.1 Å². The van der Waals surface area contributed by atoms with Crippen LogP contribution in [0.15, 0.2) is 82.2 Å². The summed E-state index contributed by atoms with van der Waals surface area (Å²) >= 11 is 3.38. The molecule has 2 aromatic carbocycles. The van der Waals surface area contributed by atoms with E-state index in [1.54, 1.807) is 9.13 Å². The zero-order valence-electron chi connectivity index (χ0n) is 12.8. The number of pyridine rings is 1. The fourth-order valence-corrected chi connectivity index (χ4v) is 3.20. The molecule has 0 aliphatic heterocycles. The Balaban J connectivity index is 1.96. The molecule has 0 unspecified atom stereocenters. The normalized spacial score (nSPS) is 11.0. The van der Waals surface area contributed by atoms with Gasteiger partial charge in [0.25, 0.3) is 0 Å². The van der Waals surface area contributed by atoms with Crippen molar-refractivity contribution in [2.45, 2.75) is 6.54 Å². The average Bonchev–Trinajstić information content (AvgIpc) is 2.88. The predicted octanol–water partition coefficient (Wildman–Crippen LogP) is 4.00. The third-order valence-electron chi connectivity index (χ3n) is 3.95. The number of para-hydroxylation sites is 2. The first kappa shape index (κ1) is 14.9. The second kappa shape index (κ2) is 6.09. The molecule has 0 aliphatic rings. The van der Waals surface area contributed by atoms with Crippen molar-refractivity contribution in [3.63, 3.8) is 0 Å². The molecule has 0 saturated carbocycles. The van der Waals surface area contributed by atoms with Crippen LogP contribution in [0.3, 0.4) is 0 Å². The van der Waals surface area contributed by atoms with Crippen LogP contribution in [-0.2, 0) is 6.54 Å². The summed E-state index contributed by atoms with van der Waals surface area (Å²) in [6.07, 6.45) is 0. The number of imidazole rings is 1. The standard InChI is InChI=1S/C19H14BrN3O/c20-17-11-6-12-18(21-17)23-16-10-5-4-9-15(16)22(19(23)24)13-14-7-2-1-3-8-14/h1-12H,13H2. The lowest BCUT2D eigenvalue weighted by atomic mass is 10.2. The molecule has 0 radical (unpaired) electrons. The quantitative estimate of drug-likeness (QED) is 0.504. The van der Waals surface area contributed by atoms with E-state index in [0.717, 1.165) is 16.6 Å². The van der Waals surface area contributed by atoms with Crippen molar-refractivity contribution >= 4 is 27.0 Å². The molecule has 0 bridgehead atoms. The van der Waals surface area contributed by atoms with Crippen LogP contribution in [0.5, 0.6) is 0 Å². The van der Waals surface area contributed by atoms with Gasteiger partial charge >= 0.3 is 5.69 Å². The van der Waals surface area contributed by atoms with Crippen LogP contribution in [0, 0.1) is 0 Å². The maximum Gasteiger partial charge on any atom is 0.335 e. The molecule has 4 nitrogen and oxygen atoms in total. The van der Waals surface area contributed by atoms with Gasteiger partial charge in [0, 0.05) is 0 Å². The van der Waals surface area contributed by atoms with Gasteiger partial charge < -0.3 is 0 Å². The minimum Gasteiger partial charge on any atom is -0.287 e. The molecular formula is C19H14BrN3O. The van der Waals surface area contributed by atoms with Crippen LogP contribution in [-0.4, -0.2) is 14.1 Å². The Morgan fingerprint density at radius 1 is 0.833 bits per heavy atom. The summed E-state index contributed by atoms with van der Waals surface area (Å²) in [6, 6.07) is 23.3. The molecule has 4 rings (SSSR count). The van der Waals surface area contributed by atoms with Gasteiger partial charge in [-0.2, -0.15) is 0 Å². The first-order chi connectivity index (χ1) is 11.7. The summed E-state index contributed by atoms with van der Waals surface area (Å²) in [5, 5.41) is 0. The van der Waals surface area contributed by atoms with E-state index in [2.05, 4.69) is 20.9 Å². The van der Waals surface area contributed by atoms with Gasteiger partial charge in [0.15, 0.2) is 0 Å². The summed E-state index contributed by atoms with van der Waals surface area (Å²) in [7, 11) is 0. The van der Waals surface area contributed by atoms with Crippen molar-refractivity contribution in [3.8, 4) is 5.82 Å². The molecule has 24 heavy (non-hydrogen) atoms. The van der Waals surface area contributed by atoms with Gasteiger partial charge in [0.05, 0.1) is 17.6 Å². The van der Waals surface area contributed by atoms with Crippen LogP contribution in [0.4, 0.5) is 0 Å². The number of fused-ring (bicyclic) bond motifs is 1. The van der Waals surface area contributed by atoms with Crippen molar-refractivity contribution in [1.29, 1.82) is 0 Å². The van der Waals surface area contributed by atoms with Gasteiger partial charge in [-0.3, -0.25) is 4.57 Å². The fraction of sp³-hybridized carbons (Fsp3) is 0.0526. The molecule has 0 fully saturated rings. The minimum absolute atomic E-state index is 0.0920. The second-order valence-electron chi connectivity index (χ2n) is 5.50. The molecule has 0 spiro atoms. The highest BCUT2D eigenvalue weighted by atomic mass is 79.9. The second-order valence-corrected chi connectivity index (χ2v) is 6.31. The highest BCUT2D eigenvalue weighted by molar-refractivity contribution is 9.10. The molecule has 2 heterocycles. The Labute approximate surface area is 147 Å². The first-order valence-corrected chi connectivity index (χ1v) is 8.40. The third kappa shape index (κ3) is 2.57. The summed E-state index contributed by atoms with van der Waals surface area (Å²) < 4.78 is 4.14. The number of hydrogen-bond acceptors (Lipinski definition) is 2. The largest absolute Gasteiger partial charge is 0.335 e. The summed E-state index contributed by atoms with van der Waals surface area (Å²) in [4.78, 5) is 17.5. The Hall–Kier alpha value is -2.66. The molecule has 118 valence electrons. The molecule has 0 aliphatic carbocycles. The highest BCUT2D eigenvalue weighted by Crippen LogP contribution is 2.18. The van der Waals surface area contributed by atoms with Crippen molar-refractivity contribution in [2.75, 3.05) is 0 Å². The van der Waals surface area contributed by atoms with Gasteiger partial charge in [0.2, 0.25) is 0 Å². The third-order valence-corrected chi connectivity index (χ3v) is 4.39. The smallest absolute Gasteiger partial charge is 0.287 e. The maximum absolute atomic E-state index is 13.1. The lowest BCUT2D eigenvalue weighted by Crippen LogP contribution is -2.24. The topological polar surface area (TPSA) is 39.8 Å². The number of halogens is 1. The molecule has 2 aromatic heterocycles. The van der Waals surface area contributed by atoms with E-state index < -0.39 is 0 Å². The number of aromatic nitrogens is 3. The van der Waals surface area contributed by atoms with Crippen LogP contribution in [0.2, 0.25) is 0 Å². The van der Waals surface area contributed by atoms with E-state index in [-0.39, 0.29) is 5.69 Å². The number of hydrogen-bond donors (Lipinski definition) is 0. The first-order valence-electron chi connectivity index (χ1n) is 7.61. The van der Waals surface area contributed by atoms with Gasteiger partial charge in [-0.05, 0) is 45.8 Å². The van der Waals surface area contributed by atoms with Crippen molar-refractivity contribution in [3.05, 3.63) is 93.4 Å². The monoisotopic (exact) mass is 379 g/mol. The zero-order chi connectivity index (χ0) is 16.5. The van der Waals surface area contributed by atoms with Gasteiger partial charge in [-0.1, -0.05) is 48.5 Å². The van der Waals surface area contributed by atoms with Crippen molar-refractivity contribution in [2.24, 2.45) is 0 Å². The van der Waals surface area contributed by atoms with E-state index >= 15 is 0 Å². The molecule has 0 N–H and O–H groups in total. The van der Waals surface area contributed by atoms with Gasteiger partial charge in [-0.25, -0.2) is 14.3 Å². The van der Waals surface area contributed by atoms with E-state index in [0.29, 0.717) is 17.0 Å². The Bertz CT molecular complexity index is 1070. The Morgan fingerprint density at radius 2 is 1.54 bits per heavy atom. The molecule has 0 atom stereocenters. The highest BCUT2D eigenvalue weighted by Gasteiger charge is 2.15. The molecular weight excluding hydrogens is 366 g/mol. The lowest BCUT2D eigenvalue weighted by Gasteiger charge is -2.03. The lowest BCUT2D eigenvalue weighted by molar-refractivity contribution is 0.758. The number of rotatable bonds is 3. The predicted molar refractivity (Wildman–Crippen MR) is 98.6 cm³/mol. The van der Waals surface area contributed by atoms with Crippen LogP contribution < -0.4 is 5.69 Å². The SMILES string of the molecule is O=c1n(Cc2ccccc2)c2ccccc2n1-c1cccc(Br)n1. The maximum atomic E-state index is 13.1. The van der Waals surface area contributed by atoms with Crippen molar-refractivity contribution < 1.29 is 0 Å². The Kier molecular flexibility index (Phi) is 3.78. The van der Waals surface area contributed by atoms with Gasteiger partial charge in [0.1, 0.15) is 10.4 Å². The zero-order valence-corrected chi connectivity index (χ0v) is 14.3. The number of benzene rings is 2. The van der Waals surface area contributed by atoms with Crippen LogP contribution in [0.25, 0.3) is 16.9 Å². The van der Waals surface area contributed by atoms with Crippen LogP contribution >= 0.6 is 15.9 Å². The van der Waals surface area contributed by atoms with Crippen LogP contribution in [0.1, 0.15) is 5.56 Å². The Morgan fingerprint density at radius 3 is 2.29 bits per heavy atom. The van der Waals surface area contributed by atoms with E-state index in [1.807, 2.05) is 72.8 Å². The summed E-state index contributed by atoms with van der Waals surface area (Å²) in [6.45, 7) is 0.529. The average molecular weight is 380 g/mol. The molecule has 5 heteroatoms. The van der Waals surface area contributed by atoms with Gasteiger partial charge in [-0.15, -0.1) is 0 Å².